The first-order valence-electron chi connectivity index (χ1n) is 7.64. The predicted molar refractivity (Wildman–Crippen MR) is 87.1 cm³/mol. The molecule has 0 fully saturated rings. The van der Waals surface area contributed by atoms with Crippen molar-refractivity contribution in [2.24, 2.45) is 0 Å². The first-order valence-corrected chi connectivity index (χ1v) is 7.64. The summed E-state index contributed by atoms with van der Waals surface area (Å²) in [6.45, 7) is 0.0863. The molecule has 0 saturated carbocycles. The SMILES string of the molecule is COCC(=O)NCc1cn2ccnc2c(-c2ccc(C(F)(F)F)cc2)n1. The minimum Gasteiger partial charge on any atom is -0.375 e. The van der Waals surface area contributed by atoms with Crippen molar-refractivity contribution in [2.45, 2.75) is 12.7 Å². The Bertz CT molecular complexity index is 920. The molecule has 1 amide bonds. The molecule has 0 aliphatic heterocycles. The van der Waals surface area contributed by atoms with E-state index in [2.05, 4.69) is 15.3 Å². The number of fused-ring (bicyclic) bond motifs is 1. The molecule has 0 aliphatic carbocycles. The van der Waals surface area contributed by atoms with E-state index >= 15 is 0 Å². The Morgan fingerprint density at radius 1 is 1.27 bits per heavy atom. The molecule has 1 N–H and O–H groups in total. The Balaban J connectivity index is 1.94. The number of rotatable bonds is 5. The van der Waals surface area contributed by atoms with Crippen LogP contribution in [0.1, 0.15) is 11.3 Å². The van der Waals surface area contributed by atoms with Crippen LogP contribution in [0.15, 0.2) is 42.9 Å². The Kier molecular flexibility index (Phi) is 4.90. The lowest BCUT2D eigenvalue weighted by molar-refractivity contribution is -0.137. The zero-order valence-corrected chi connectivity index (χ0v) is 13.7. The number of nitrogens with zero attached hydrogens (tertiary/aromatic N) is 3. The van der Waals surface area contributed by atoms with Crippen LogP contribution in [-0.4, -0.2) is 34.0 Å². The van der Waals surface area contributed by atoms with Crippen molar-refractivity contribution in [2.75, 3.05) is 13.7 Å². The number of aromatic nitrogens is 3. The molecule has 6 nitrogen and oxygen atoms in total. The van der Waals surface area contributed by atoms with E-state index in [4.69, 9.17) is 4.74 Å². The second kappa shape index (κ2) is 7.12. The van der Waals surface area contributed by atoms with Gasteiger partial charge in [-0.05, 0) is 12.1 Å². The van der Waals surface area contributed by atoms with Crippen molar-refractivity contribution < 1.29 is 22.7 Å². The van der Waals surface area contributed by atoms with Crippen molar-refractivity contribution in [3.05, 3.63) is 54.1 Å². The summed E-state index contributed by atoms with van der Waals surface area (Å²) in [6, 6.07) is 4.72. The van der Waals surface area contributed by atoms with Crippen molar-refractivity contribution in [1.29, 1.82) is 0 Å². The van der Waals surface area contributed by atoms with Gasteiger partial charge in [0.1, 0.15) is 12.3 Å². The van der Waals surface area contributed by atoms with E-state index in [1.54, 1.807) is 23.0 Å². The minimum absolute atomic E-state index is 0.0704. The maximum Gasteiger partial charge on any atom is 0.416 e. The Morgan fingerprint density at radius 3 is 2.65 bits per heavy atom. The lowest BCUT2D eigenvalue weighted by atomic mass is 10.1. The number of amides is 1. The summed E-state index contributed by atoms with van der Waals surface area (Å²) in [5.74, 6) is -0.295. The fourth-order valence-corrected chi connectivity index (χ4v) is 2.45. The lowest BCUT2D eigenvalue weighted by Gasteiger charge is -2.10. The van der Waals surface area contributed by atoms with Crippen LogP contribution in [0, 0.1) is 0 Å². The number of methoxy groups -OCH3 is 1. The van der Waals surface area contributed by atoms with Gasteiger partial charge in [0.2, 0.25) is 5.91 Å². The number of nitrogens with one attached hydrogen (secondary N) is 1. The first-order chi connectivity index (χ1) is 12.4. The zero-order chi connectivity index (χ0) is 18.7. The Morgan fingerprint density at radius 2 is 2.00 bits per heavy atom. The van der Waals surface area contributed by atoms with Gasteiger partial charge in [0.15, 0.2) is 5.65 Å². The molecule has 1 aromatic carbocycles. The fraction of sp³-hybridized carbons (Fsp3) is 0.235. The number of ether oxygens (including phenoxy) is 1. The average molecular weight is 364 g/mol. The molecule has 3 rings (SSSR count). The normalized spacial score (nSPS) is 11.7. The predicted octanol–water partition coefficient (Wildman–Crippen LogP) is 2.68. The van der Waals surface area contributed by atoms with Gasteiger partial charge in [-0.1, -0.05) is 12.1 Å². The highest BCUT2D eigenvalue weighted by atomic mass is 19.4. The quantitative estimate of drug-likeness (QED) is 0.756. The van der Waals surface area contributed by atoms with Gasteiger partial charge in [0, 0.05) is 31.3 Å². The molecular formula is C17H15F3N4O2. The standard InChI is InChI=1S/C17H15F3N4O2/c1-26-10-14(25)22-8-13-9-24-7-6-21-16(24)15(23-13)11-2-4-12(5-3-11)17(18,19)20/h2-7,9H,8,10H2,1H3,(H,22,25). The molecule has 0 aliphatic rings. The number of benzene rings is 1. The number of halogens is 3. The van der Waals surface area contributed by atoms with Crippen LogP contribution in [-0.2, 0) is 22.3 Å². The monoisotopic (exact) mass is 364 g/mol. The molecule has 3 aromatic rings. The second-order valence-electron chi connectivity index (χ2n) is 5.52. The van der Waals surface area contributed by atoms with Gasteiger partial charge in [-0.15, -0.1) is 0 Å². The van der Waals surface area contributed by atoms with E-state index in [1.807, 2.05) is 0 Å². The minimum atomic E-state index is -4.40. The van der Waals surface area contributed by atoms with Gasteiger partial charge in [-0.3, -0.25) is 4.79 Å². The number of carbonyl (C=O) groups is 1. The van der Waals surface area contributed by atoms with Crippen LogP contribution in [0.3, 0.4) is 0 Å². The van der Waals surface area contributed by atoms with E-state index < -0.39 is 11.7 Å². The summed E-state index contributed by atoms with van der Waals surface area (Å²) in [6.07, 6.45) is 0.564. The zero-order valence-electron chi connectivity index (χ0n) is 13.7. The Labute approximate surface area is 146 Å². The molecule has 0 atom stereocenters. The third kappa shape index (κ3) is 3.83. The van der Waals surface area contributed by atoms with E-state index in [9.17, 15) is 18.0 Å². The summed E-state index contributed by atoms with van der Waals surface area (Å²) in [5, 5.41) is 2.66. The molecule has 0 spiro atoms. The maximum absolute atomic E-state index is 12.7. The van der Waals surface area contributed by atoms with Crippen LogP contribution in [0.25, 0.3) is 16.9 Å². The average Bonchev–Trinajstić information content (AvgIpc) is 3.07. The summed E-state index contributed by atoms with van der Waals surface area (Å²) in [7, 11) is 1.41. The van der Waals surface area contributed by atoms with Gasteiger partial charge in [-0.2, -0.15) is 13.2 Å². The van der Waals surface area contributed by atoms with Gasteiger partial charge in [0.05, 0.1) is 17.8 Å². The maximum atomic E-state index is 12.7. The Hall–Kier alpha value is -2.94. The number of carbonyl (C=O) groups excluding carboxylic acids is 1. The molecular weight excluding hydrogens is 349 g/mol. The smallest absolute Gasteiger partial charge is 0.375 e. The molecule has 0 radical (unpaired) electrons. The summed E-state index contributed by atoms with van der Waals surface area (Å²) in [4.78, 5) is 20.2. The van der Waals surface area contributed by atoms with Crippen molar-refractivity contribution >= 4 is 11.6 Å². The molecule has 0 saturated heterocycles. The molecule has 2 heterocycles. The van der Waals surface area contributed by atoms with E-state index in [0.717, 1.165) is 12.1 Å². The fourth-order valence-electron chi connectivity index (χ4n) is 2.45. The van der Waals surface area contributed by atoms with Crippen LogP contribution < -0.4 is 5.32 Å². The van der Waals surface area contributed by atoms with Gasteiger partial charge >= 0.3 is 6.18 Å². The summed E-state index contributed by atoms with van der Waals surface area (Å²) < 4.78 is 44.7. The number of alkyl halides is 3. The van der Waals surface area contributed by atoms with Crippen LogP contribution in [0.4, 0.5) is 13.2 Å². The topological polar surface area (TPSA) is 68.5 Å². The van der Waals surface area contributed by atoms with Crippen LogP contribution in [0.2, 0.25) is 0 Å². The van der Waals surface area contributed by atoms with Gasteiger partial charge in [-0.25, -0.2) is 9.97 Å². The molecule has 0 unspecified atom stereocenters. The number of hydrogen-bond donors (Lipinski definition) is 1. The highest BCUT2D eigenvalue weighted by Gasteiger charge is 2.30. The van der Waals surface area contributed by atoms with Crippen LogP contribution >= 0.6 is 0 Å². The molecule has 9 heteroatoms. The highest BCUT2D eigenvalue weighted by Crippen LogP contribution is 2.31. The number of hydrogen-bond acceptors (Lipinski definition) is 4. The second-order valence-corrected chi connectivity index (χ2v) is 5.52. The third-order valence-electron chi connectivity index (χ3n) is 3.65. The van der Waals surface area contributed by atoms with E-state index in [-0.39, 0.29) is 19.1 Å². The first kappa shape index (κ1) is 17.9. The van der Waals surface area contributed by atoms with Crippen molar-refractivity contribution in [3.8, 4) is 11.3 Å². The molecule has 0 bridgehead atoms. The van der Waals surface area contributed by atoms with Crippen LogP contribution in [0.5, 0.6) is 0 Å². The molecule has 136 valence electrons. The molecule has 2 aromatic heterocycles. The van der Waals surface area contributed by atoms with E-state index in [1.165, 1.54) is 19.2 Å². The largest absolute Gasteiger partial charge is 0.416 e. The van der Waals surface area contributed by atoms with Gasteiger partial charge in [0.25, 0.3) is 0 Å². The summed E-state index contributed by atoms with van der Waals surface area (Å²) in [5.41, 5.74) is 1.25. The van der Waals surface area contributed by atoms with E-state index in [0.29, 0.717) is 22.6 Å². The highest BCUT2D eigenvalue weighted by molar-refractivity contribution is 5.77. The third-order valence-corrected chi connectivity index (χ3v) is 3.65. The number of imidazole rings is 1. The van der Waals surface area contributed by atoms with Crippen molar-refractivity contribution in [1.82, 2.24) is 19.7 Å². The summed E-state index contributed by atoms with van der Waals surface area (Å²) >= 11 is 0. The lowest BCUT2D eigenvalue weighted by Crippen LogP contribution is -2.27. The molecule has 26 heavy (non-hydrogen) atoms. The van der Waals surface area contributed by atoms with Gasteiger partial charge < -0.3 is 14.5 Å². The van der Waals surface area contributed by atoms with Crippen molar-refractivity contribution in [3.63, 3.8) is 0 Å².